The van der Waals surface area contributed by atoms with Gasteiger partial charge in [0.15, 0.2) is 21.2 Å². The molecule has 0 fully saturated rings. The highest BCUT2D eigenvalue weighted by Gasteiger charge is 2.20. The molecule has 0 saturated heterocycles. The first-order valence-corrected chi connectivity index (χ1v) is 6.50. The highest BCUT2D eigenvalue weighted by Crippen LogP contribution is 2.31. The second-order valence-electron chi connectivity index (χ2n) is 3.49. The summed E-state index contributed by atoms with van der Waals surface area (Å²) in [6.45, 7) is 13.0. The average molecular weight is 266 g/mol. The van der Waals surface area contributed by atoms with Gasteiger partial charge in [0, 0.05) is 0 Å². The zero-order valence-corrected chi connectivity index (χ0v) is 10.1. The number of hydrogen-bond donors (Lipinski definition) is 2. The topological polar surface area (TPSA) is 83.3 Å². The second-order valence-corrected chi connectivity index (χ2v) is 5.53. The Balaban J connectivity index is 3.20. The third-order valence-electron chi connectivity index (χ3n) is 2.17. The molecule has 7 heteroatoms. The lowest BCUT2D eigenvalue weighted by Gasteiger charge is -2.09. The lowest BCUT2D eigenvalue weighted by molar-refractivity contribution is 0.112. The Labute approximate surface area is 105 Å². The minimum absolute atomic E-state index is 0.0513. The van der Waals surface area contributed by atoms with E-state index < -0.39 is 28.3 Å². The summed E-state index contributed by atoms with van der Waals surface area (Å²) in [6, 6.07) is 3.56. The van der Waals surface area contributed by atoms with Crippen molar-refractivity contribution in [1.29, 1.82) is 0 Å². The number of sulfone groups is 1. The largest absolute Gasteiger partial charge is 0.394 e. The van der Waals surface area contributed by atoms with E-state index in [-0.39, 0.29) is 16.3 Å². The van der Waals surface area contributed by atoms with Crippen molar-refractivity contribution in [3.63, 3.8) is 0 Å². The summed E-state index contributed by atoms with van der Waals surface area (Å²) in [5, 5.41) is 17.8. The summed E-state index contributed by atoms with van der Waals surface area (Å²) >= 11 is 0. The molecule has 94 valence electrons. The van der Waals surface area contributed by atoms with Crippen LogP contribution < -0.4 is 0 Å². The van der Waals surface area contributed by atoms with Crippen molar-refractivity contribution in [2.24, 2.45) is 0 Å². The molecule has 1 aromatic carbocycles. The molecule has 0 heterocycles. The van der Waals surface area contributed by atoms with Gasteiger partial charge in [0.25, 0.3) is 0 Å². The molecule has 0 saturated carbocycles. The molecular weight excluding hydrogens is 256 g/mol. The smallest absolute Gasteiger partial charge is 0.195 e. The Kier molecular flexibility index (Phi) is 4.40. The van der Waals surface area contributed by atoms with E-state index in [1.165, 1.54) is 12.1 Å². The van der Waals surface area contributed by atoms with Crippen molar-refractivity contribution < 1.29 is 18.6 Å². The molecule has 6 nitrogen and oxygen atoms in total. The Hall–Kier alpha value is -1.93. The van der Waals surface area contributed by atoms with E-state index >= 15 is 0 Å². The predicted molar refractivity (Wildman–Crippen MR) is 64.1 cm³/mol. The van der Waals surface area contributed by atoms with E-state index in [0.29, 0.717) is 0 Å². The van der Waals surface area contributed by atoms with Gasteiger partial charge in [-0.15, -0.1) is 0 Å². The van der Waals surface area contributed by atoms with Crippen molar-refractivity contribution in [3.05, 3.63) is 41.0 Å². The Morgan fingerprint density at radius 3 is 2.33 bits per heavy atom. The summed E-state index contributed by atoms with van der Waals surface area (Å²) in [4.78, 5) is 6.02. The lowest BCUT2D eigenvalue weighted by atomic mass is 10.3. The normalized spacial score (nSPS) is 12.4. The third-order valence-corrected chi connectivity index (χ3v) is 3.97. The molecule has 0 aliphatic rings. The highest BCUT2D eigenvalue weighted by molar-refractivity contribution is 7.91. The van der Waals surface area contributed by atoms with E-state index in [2.05, 4.69) is 9.69 Å². The monoisotopic (exact) mass is 266 g/mol. The Morgan fingerprint density at radius 2 is 1.83 bits per heavy atom. The number of hydrogen-bond acceptors (Lipinski definition) is 4. The zero-order chi connectivity index (χ0) is 13.8. The summed E-state index contributed by atoms with van der Waals surface area (Å²) in [6.07, 6.45) is -1.37. The molecule has 1 unspecified atom stereocenters. The van der Waals surface area contributed by atoms with Crippen LogP contribution in [-0.2, 0) is 9.84 Å². The van der Waals surface area contributed by atoms with Gasteiger partial charge in [0.05, 0.1) is 36.5 Å². The number of rotatable bonds is 4. The number of aliphatic hydroxyl groups is 2. The number of aliphatic hydroxyl groups excluding tert-OH is 2. The summed E-state index contributed by atoms with van der Waals surface area (Å²) in [5.41, 5.74) is 0.0243. The Bertz CT molecular complexity index is 625. The van der Waals surface area contributed by atoms with E-state index in [1.807, 2.05) is 0 Å². The fraction of sp³-hybridized carbons (Fsp3) is 0.273. The molecule has 18 heavy (non-hydrogen) atoms. The van der Waals surface area contributed by atoms with Gasteiger partial charge in [-0.25, -0.2) is 8.42 Å². The molecule has 1 aromatic rings. The van der Waals surface area contributed by atoms with Gasteiger partial charge in [0.1, 0.15) is 0 Å². The molecule has 0 radical (unpaired) electrons. The minimum atomic E-state index is -3.79. The zero-order valence-electron chi connectivity index (χ0n) is 9.24. The van der Waals surface area contributed by atoms with E-state index in [0.717, 1.165) is 6.07 Å². The van der Waals surface area contributed by atoms with Crippen molar-refractivity contribution in [1.82, 2.24) is 0 Å². The minimum Gasteiger partial charge on any atom is -0.394 e. The Morgan fingerprint density at radius 1 is 1.22 bits per heavy atom. The number of nitrogens with zero attached hydrogens (tertiary/aromatic N) is 2. The van der Waals surface area contributed by atoms with Crippen molar-refractivity contribution in [3.8, 4) is 0 Å². The maximum Gasteiger partial charge on any atom is 0.195 e. The van der Waals surface area contributed by atoms with Crippen LogP contribution in [0, 0.1) is 13.1 Å². The van der Waals surface area contributed by atoms with Crippen LogP contribution >= 0.6 is 0 Å². The van der Waals surface area contributed by atoms with Crippen LogP contribution in [0.25, 0.3) is 9.69 Å². The second kappa shape index (κ2) is 5.61. The maximum absolute atomic E-state index is 11.8. The quantitative estimate of drug-likeness (QED) is 0.794. The highest BCUT2D eigenvalue weighted by atomic mass is 32.2. The fourth-order valence-corrected chi connectivity index (χ4v) is 2.65. The molecule has 1 rings (SSSR count). The van der Waals surface area contributed by atoms with Crippen molar-refractivity contribution >= 4 is 21.2 Å². The molecule has 0 aliphatic carbocycles. The lowest BCUT2D eigenvalue weighted by Crippen LogP contribution is -2.24. The van der Waals surface area contributed by atoms with Crippen LogP contribution in [0.2, 0.25) is 0 Å². The molecule has 0 spiro atoms. The van der Waals surface area contributed by atoms with Crippen molar-refractivity contribution in [2.45, 2.75) is 11.0 Å². The molecule has 1 atom stereocenters. The molecule has 0 amide bonds. The van der Waals surface area contributed by atoms with Crippen LogP contribution in [0.15, 0.2) is 23.1 Å². The summed E-state index contributed by atoms with van der Waals surface area (Å²) in [5.74, 6) is -0.627. The SMILES string of the molecule is [C-]#[N+]c1ccc(S(=O)(=O)CC(O)CO)cc1[N+]#[C-]. The fourth-order valence-electron chi connectivity index (χ4n) is 1.28. The first-order valence-electron chi connectivity index (χ1n) is 4.85. The van der Waals surface area contributed by atoms with Gasteiger partial charge in [-0.2, -0.15) is 0 Å². The first kappa shape index (κ1) is 14.1. The molecular formula is C11H10N2O4S. The predicted octanol–water partition coefficient (Wildman–Crippen LogP) is 0.915. The van der Waals surface area contributed by atoms with E-state index in [1.54, 1.807) is 0 Å². The van der Waals surface area contributed by atoms with Gasteiger partial charge in [-0.1, -0.05) is 12.1 Å². The molecule has 2 N–H and O–H groups in total. The van der Waals surface area contributed by atoms with Crippen LogP contribution in [0.4, 0.5) is 11.4 Å². The maximum atomic E-state index is 11.8. The summed E-state index contributed by atoms with van der Waals surface area (Å²) in [7, 11) is -3.79. The number of benzene rings is 1. The standard InChI is InChI=1S/C11H10N2O4S/c1-12-10-4-3-9(5-11(10)13-2)18(16,17)7-8(15)6-14/h3-5,8,14-15H,6-7H2. The molecule has 0 aliphatic heterocycles. The van der Waals surface area contributed by atoms with Gasteiger partial charge < -0.3 is 10.2 Å². The van der Waals surface area contributed by atoms with Crippen LogP contribution in [-0.4, -0.2) is 37.1 Å². The van der Waals surface area contributed by atoms with Crippen molar-refractivity contribution in [2.75, 3.05) is 12.4 Å². The van der Waals surface area contributed by atoms with E-state index in [4.69, 9.17) is 23.4 Å². The summed E-state index contributed by atoms with van der Waals surface area (Å²) < 4.78 is 23.6. The van der Waals surface area contributed by atoms with E-state index in [9.17, 15) is 8.42 Å². The van der Waals surface area contributed by atoms with Crippen LogP contribution in [0.1, 0.15) is 0 Å². The molecule has 0 bridgehead atoms. The van der Waals surface area contributed by atoms with Crippen LogP contribution in [0.3, 0.4) is 0 Å². The van der Waals surface area contributed by atoms with Crippen LogP contribution in [0.5, 0.6) is 0 Å². The molecule has 0 aromatic heterocycles. The van der Waals surface area contributed by atoms with Gasteiger partial charge in [-0.3, -0.25) is 9.69 Å². The van der Waals surface area contributed by atoms with Gasteiger partial charge >= 0.3 is 0 Å². The first-order chi connectivity index (χ1) is 8.44. The third kappa shape index (κ3) is 3.05. The average Bonchev–Trinajstić information content (AvgIpc) is 2.37. The van der Waals surface area contributed by atoms with Gasteiger partial charge in [-0.05, 0) is 6.07 Å². The van der Waals surface area contributed by atoms with Gasteiger partial charge in [0.2, 0.25) is 0 Å².